The molecule has 3 nitrogen and oxygen atoms in total. The van der Waals surface area contributed by atoms with Gasteiger partial charge in [-0.2, -0.15) is 10.4 Å². The number of rotatable bonds is 5. The first-order valence-corrected chi connectivity index (χ1v) is 4.76. The van der Waals surface area contributed by atoms with Gasteiger partial charge in [0, 0.05) is 12.7 Å². The third-order valence-corrected chi connectivity index (χ3v) is 2.04. The van der Waals surface area contributed by atoms with E-state index in [0.717, 1.165) is 18.7 Å². The van der Waals surface area contributed by atoms with Crippen molar-refractivity contribution in [1.82, 2.24) is 9.78 Å². The minimum absolute atomic E-state index is 0.464. The lowest BCUT2D eigenvalue weighted by Gasteiger charge is -2.03. The average Bonchev–Trinajstić information content (AvgIpc) is 2.54. The Bertz CT molecular complexity index is 283. The molecule has 0 saturated carbocycles. The van der Waals surface area contributed by atoms with Crippen LogP contribution in [0.25, 0.3) is 0 Å². The van der Waals surface area contributed by atoms with Gasteiger partial charge in [0.15, 0.2) is 0 Å². The Kier molecular flexibility index (Phi) is 4.04. The molecule has 13 heavy (non-hydrogen) atoms. The van der Waals surface area contributed by atoms with Crippen molar-refractivity contribution in [3.05, 3.63) is 18.0 Å². The largest absolute Gasteiger partial charge is 0.269 e. The van der Waals surface area contributed by atoms with Gasteiger partial charge in [-0.3, -0.25) is 4.68 Å². The lowest BCUT2D eigenvalue weighted by atomic mass is 10.2. The third kappa shape index (κ3) is 2.90. The Labute approximate surface area is 79.0 Å². The van der Waals surface area contributed by atoms with Crippen LogP contribution in [0.5, 0.6) is 0 Å². The van der Waals surface area contributed by atoms with E-state index in [1.54, 1.807) is 6.20 Å². The van der Waals surface area contributed by atoms with Crippen molar-refractivity contribution in [2.45, 2.75) is 39.2 Å². The zero-order chi connectivity index (χ0) is 9.52. The van der Waals surface area contributed by atoms with E-state index in [0.29, 0.717) is 6.42 Å². The molecule has 1 aromatic heterocycles. The first kappa shape index (κ1) is 9.79. The van der Waals surface area contributed by atoms with Gasteiger partial charge in [0.05, 0.1) is 18.2 Å². The molecule has 0 fully saturated rings. The highest BCUT2D eigenvalue weighted by atomic mass is 15.3. The molecular formula is C10H15N3. The van der Waals surface area contributed by atoms with Crippen molar-refractivity contribution >= 4 is 0 Å². The van der Waals surface area contributed by atoms with Crippen LogP contribution in [-0.4, -0.2) is 9.78 Å². The smallest absolute Gasteiger partial charge is 0.0771 e. The number of nitrogens with zero attached hydrogens (tertiary/aromatic N) is 3. The second-order valence-corrected chi connectivity index (χ2v) is 3.09. The highest BCUT2D eigenvalue weighted by molar-refractivity contribution is 5.06. The van der Waals surface area contributed by atoms with Gasteiger partial charge in [0.2, 0.25) is 0 Å². The molecule has 1 aromatic rings. The van der Waals surface area contributed by atoms with Crippen LogP contribution in [0.2, 0.25) is 0 Å². The lowest BCUT2D eigenvalue weighted by molar-refractivity contribution is 0.539. The van der Waals surface area contributed by atoms with Gasteiger partial charge in [-0.15, -0.1) is 0 Å². The zero-order valence-corrected chi connectivity index (χ0v) is 8.03. The van der Waals surface area contributed by atoms with Crippen molar-refractivity contribution in [1.29, 1.82) is 5.26 Å². The quantitative estimate of drug-likeness (QED) is 0.646. The molecule has 0 aliphatic carbocycles. The molecule has 0 radical (unpaired) electrons. The van der Waals surface area contributed by atoms with Crippen LogP contribution in [0, 0.1) is 11.3 Å². The van der Waals surface area contributed by atoms with Gasteiger partial charge in [0.25, 0.3) is 0 Å². The predicted molar refractivity (Wildman–Crippen MR) is 51.1 cm³/mol. The highest BCUT2D eigenvalue weighted by Gasteiger charge is 2.00. The summed E-state index contributed by atoms with van der Waals surface area (Å²) in [5.74, 6) is 0. The second-order valence-electron chi connectivity index (χ2n) is 3.09. The SMILES string of the molecule is CCCCCn1nccc1CC#N. The van der Waals surface area contributed by atoms with Crippen molar-refractivity contribution in [3.63, 3.8) is 0 Å². The summed E-state index contributed by atoms with van der Waals surface area (Å²) in [7, 11) is 0. The molecule has 70 valence electrons. The van der Waals surface area contributed by atoms with Gasteiger partial charge in [-0.25, -0.2) is 0 Å². The van der Waals surface area contributed by atoms with E-state index in [2.05, 4.69) is 18.1 Å². The number of aromatic nitrogens is 2. The molecule has 0 bridgehead atoms. The minimum atomic E-state index is 0.464. The second kappa shape index (κ2) is 5.36. The molecule has 0 N–H and O–H groups in total. The number of hydrogen-bond donors (Lipinski definition) is 0. The van der Waals surface area contributed by atoms with E-state index in [4.69, 9.17) is 5.26 Å². The average molecular weight is 177 g/mol. The van der Waals surface area contributed by atoms with E-state index in [1.165, 1.54) is 12.8 Å². The molecule has 0 amide bonds. The predicted octanol–water partition coefficient (Wildman–Crippen LogP) is 2.14. The number of unbranched alkanes of at least 4 members (excludes halogenated alkanes) is 2. The first-order valence-electron chi connectivity index (χ1n) is 4.76. The van der Waals surface area contributed by atoms with Crippen LogP contribution < -0.4 is 0 Å². The molecule has 0 atom stereocenters. The van der Waals surface area contributed by atoms with Crippen molar-refractivity contribution in [2.24, 2.45) is 0 Å². The van der Waals surface area contributed by atoms with Crippen LogP contribution in [0.1, 0.15) is 31.9 Å². The van der Waals surface area contributed by atoms with E-state index in [1.807, 2.05) is 10.7 Å². The fraction of sp³-hybridized carbons (Fsp3) is 0.600. The van der Waals surface area contributed by atoms with Crippen molar-refractivity contribution < 1.29 is 0 Å². The summed E-state index contributed by atoms with van der Waals surface area (Å²) in [6.45, 7) is 3.12. The Balaban J connectivity index is 2.46. The summed E-state index contributed by atoms with van der Waals surface area (Å²) < 4.78 is 1.93. The van der Waals surface area contributed by atoms with Gasteiger partial charge in [0.1, 0.15) is 0 Å². The van der Waals surface area contributed by atoms with Gasteiger partial charge in [-0.05, 0) is 12.5 Å². The zero-order valence-electron chi connectivity index (χ0n) is 8.03. The van der Waals surface area contributed by atoms with Gasteiger partial charge < -0.3 is 0 Å². The monoisotopic (exact) mass is 177 g/mol. The molecule has 0 aliphatic heterocycles. The highest BCUT2D eigenvalue weighted by Crippen LogP contribution is 2.03. The fourth-order valence-corrected chi connectivity index (χ4v) is 1.30. The number of nitriles is 1. The summed E-state index contributed by atoms with van der Waals surface area (Å²) in [5, 5.41) is 12.7. The normalized spacial score (nSPS) is 9.85. The molecule has 0 aliphatic rings. The van der Waals surface area contributed by atoms with Crippen molar-refractivity contribution in [3.8, 4) is 6.07 Å². The Hall–Kier alpha value is -1.30. The minimum Gasteiger partial charge on any atom is -0.269 e. The number of aryl methyl sites for hydroxylation is 1. The van der Waals surface area contributed by atoms with Gasteiger partial charge in [-0.1, -0.05) is 19.8 Å². The molecule has 1 heterocycles. The van der Waals surface area contributed by atoms with Crippen LogP contribution in [0.3, 0.4) is 0 Å². The van der Waals surface area contributed by atoms with E-state index >= 15 is 0 Å². The summed E-state index contributed by atoms with van der Waals surface area (Å²) in [6.07, 6.45) is 5.82. The maximum absolute atomic E-state index is 8.54. The Morgan fingerprint density at radius 2 is 2.38 bits per heavy atom. The first-order chi connectivity index (χ1) is 6.38. The fourth-order valence-electron chi connectivity index (χ4n) is 1.30. The van der Waals surface area contributed by atoms with Crippen LogP contribution in [0.4, 0.5) is 0 Å². The molecule has 1 rings (SSSR count). The van der Waals surface area contributed by atoms with Gasteiger partial charge >= 0.3 is 0 Å². The Morgan fingerprint density at radius 3 is 3.08 bits per heavy atom. The summed E-state index contributed by atoms with van der Waals surface area (Å²) in [6, 6.07) is 4.05. The molecule has 0 aromatic carbocycles. The van der Waals surface area contributed by atoms with Crippen LogP contribution in [-0.2, 0) is 13.0 Å². The Morgan fingerprint density at radius 1 is 1.54 bits per heavy atom. The van der Waals surface area contributed by atoms with E-state index < -0.39 is 0 Å². The lowest BCUT2D eigenvalue weighted by Crippen LogP contribution is -2.04. The van der Waals surface area contributed by atoms with Crippen LogP contribution >= 0.6 is 0 Å². The topological polar surface area (TPSA) is 41.6 Å². The third-order valence-electron chi connectivity index (χ3n) is 2.04. The van der Waals surface area contributed by atoms with Crippen molar-refractivity contribution in [2.75, 3.05) is 0 Å². The van der Waals surface area contributed by atoms with Crippen LogP contribution in [0.15, 0.2) is 12.3 Å². The molecular weight excluding hydrogens is 162 g/mol. The molecule has 3 heteroatoms. The van der Waals surface area contributed by atoms with E-state index in [9.17, 15) is 0 Å². The number of hydrogen-bond acceptors (Lipinski definition) is 2. The summed E-state index contributed by atoms with van der Waals surface area (Å²) in [4.78, 5) is 0. The molecule has 0 saturated heterocycles. The summed E-state index contributed by atoms with van der Waals surface area (Å²) in [5.41, 5.74) is 1.03. The maximum atomic E-state index is 8.54. The van der Waals surface area contributed by atoms with E-state index in [-0.39, 0.29) is 0 Å². The molecule has 0 unspecified atom stereocenters. The standard InChI is InChI=1S/C10H15N3/c1-2-3-4-9-13-10(5-7-11)6-8-12-13/h6,8H,2-5,9H2,1H3. The molecule has 0 spiro atoms. The maximum Gasteiger partial charge on any atom is 0.0771 e. The summed E-state index contributed by atoms with van der Waals surface area (Å²) >= 11 is 0.